The molecule has 0 saturated carbocycles. The lowest BCUT2D eigenvalue weighted by Gasteiger charge is -2.04. The van der Waals surface area contributed by atoms with Crippen molar-refractivity contribution in [1.82, 2.24) is 9.55 Å². The third-order valence-corrected chi connectivity index (χ3v) is 2.49. The Morgan fingerprint density at radius 2 is 2.27 bits per heavy atom. The first kappa shape index (κ1) is 9.69. The fourth-order valence-electron chi connectivity index (χ4n) is 1.49. The predicted molar refractivity (Wildman–Crippen MR) is 60.4 cm³/mol. The van der Waals surface area contributed by atoms with Crippen LogP contribution in [0.1, 0.15) is 11.3 Å². The van der Waals surface area contributed by atoms with Crippen LogP contribution in [0.4, 0.5) is 0 Å². The number of hydrogen-bond acceptors (Lipinski definition) is 2. The Kier molecular flexibility index (Phi) is 2.40. The fraction of sp³-hybridized carbons (Fsp3) is 0.0909. The fourth-order valence-corrected chi connectivity index (χ4v) is 1.80. The molecule has 1 heterocycles. The Bertz CT molecular complexity index is 586. The van der Waals surface area contributed by atoms with Gasteiger partial charge in [0, 0.05) is 17.6 Å². The Labute approximate surface area is 92.6 Å². The average molecular weight is 215 g/mol. The summed E-state index contributed by atoms with van der Waals surface area (Å²) in [6, 6.07) is 9.48. The number of imidazole rings is 1. The summed E-state index contributed by atoms with van der Waals surface area (Å²) in [5, 5.41) is 8.81. The third kappa shape index (κ3) is 1.69. The van der Waals surface area contributed by atoms with Crippen molar-refractivity contribution in [3.8, 4) is 11.8 Å². The number of hydrogen-bond donors (Lipinski definition) is 1. The quantitative estimate of drug-likeness (QED) is 0.743. The van der Waals surface area contributed by atoms with Crippen molar-refractivity contribution in [3.05, 3.63) is 46.5 Å². The molecule has 2 aromatic rings. The van der Waals surface area contributed by atoms with E-state index in [0.29, 0.717) is 10.3 Å². The molecule has 1 aromatic carbocycles. The summed E-state index contributed by atoms with van der Waals surface area (Å²) in [6.45, 7) is 1.96. The van der Waals surface area contributed by atoms with E-state index < -0.39 is 0 Å². The molecule has 0 fully saturated rings. The summed E-state index contributed by atoms with van der Waals surface area (Å²) in [5.41, 5.74) is 2.57. The van der Waals surface area contributed by atoms with Gasteiger partial charge in [0.25, 0.3) is 0 Å². The zero-order valence-electron chi connectivity index (χ0n) is 8.19. The average Bonchev–Trinajstić information content (AvgIpc) is 2.59. The minimum Gasteiger partial charge on any atom is -0.337 e. The second kappa shape index (κ2) is 3.71. The van der Waals surface area contributed by atoms with Gasteiger partial charge in [0.1, 0.15) is 0 Å². The first-order chi connectivity index (χ1) is 7.22. The lowest BCUT2D eigenvalue weighted by Crippen LogP contribution is -1.96. The highest BCUT2D eigenvalue weighted by Crippen LogP contribution is 2.13. The maximum absolute atomic E-state index is 8.81. The number of aromatic nitrogens is 2. The van der Waals surface area contributed by atoms with Gasteiger partial charge in [-0.25, -0.2) is 0 Å². The van der Waals surface area contributed by atoms with E-state index in [1.165, 1.54) is 0 Å². The largest absolute Gasteiger partial charge is 0.337 e. The van der Waals surface area contributed by atoms with Gasteiger partial charge in [-0.1, -0.05) is 6.07 Å². The molecule has 0 bridgehead atoms. The molecule has 0 amide bonds. The zero-order chi connectivity index (χ0) is 10.8. The van der Waals surface area contributed by atoms with Gasteiger partial charge >= 0.3 is 0 Å². The highest BCUT2D eigenvalue weighted by molar-refractivity contribution is 7.71. The number of aromatic amines is 1. The summed E-state index contributed by atoms with van der Waals surface area (Å²) in [5.74, 6) is 0. The van der Waals surface area contributed by atoms with Crippen molar-refractivity contribution in [2.45, 2.75) is 6.92 Å². The van der Waals surface area contributed by atoms with Gasteiger partial charge in [-0.15, -0.1) is 0 Å². The molecule has 0 spiro atoms. The maximum Gasteiger partial charge on any atom is 0.182 e. The molecule has 1 N–H and O–H groups in total. The normalized spacial score (nSPS) is 9.87. The molecule has 0 aliphatic carbocycles. The summed E-state index contributed by atoms with van der Waals surface area (Å²) in [4.78, 5) is 2.97. The van der Waals surface area contributed by atoms with Crippen LogP contribution in [0, 0.1) is 23.0 Å². The van der Waals surface area contributed by atoms with Crippen LogP contribution in [-0.2, 0) is 0 Å². The maximum atomic E-state index is 8.81. The molecule has 0 aliphatic heterocycles. The predicted octanol–water partition coefficient (Wildman–Crippen LogP) is 2.71. The topological polar surface area (TPSA) is 44.5 Å². The molecule has 3 nitrogen and oxygen atoms in total. The first-order valence-electron chi connectivity index (χ1n) is 4.50. The standard InChI is InChI=1S/C11H9N3S/c1-8-7-13-11(15)14(8)10-4-2-3-9(5-10)6-12/h2-5,7H,1H3,(H,13,15). The van der Waals surface area contributed by atoms with E-state index >= 15 is 0 Å². The van der Waals surface area contributed by atoms with Gasteiger partial charge in [-0.2, -0.15) is 5.26 Å². The van der Waals surface area contributed by atoms with Crippen LogP contribution in [0.2, 0.25) is 0 Å². The van der Waals surface area contributed by atoms with Gasteiger partial charge < -0.3 is 4.98 Å². The number of nitrogens with zero attached hydrogens (tertiary/aromatic N) is 2. The summed E-state index contributed by atoms with van der Waals surface area (Å²) < 4.78 is 2.54. The Balaban J connectivity index is 2.65. The number of H-pyrrole nitrogens is 1. The molecule has 1 aromatic heterocycles. The highest BCUT2D eigenvalue weighted by atomic mass is 32.1. The Hall–Kier alpha value is -1.86. The molecule has 0 radical (unpaired) electrons. The van der Waals surface area contributed by atoms with E-state index in [-0.39, 0.29) is 0 Å². The molecule has 0 aliphatic rings. The second-order valence-corrected chi connectivity index (χ2v) is 3.62. The molecule has 4 heteroatoms. The van der Waals surface area contributed by atoms with Crippen molar-refractivity contribution in [1.29, 1.82) is 5.26 Å². The van der Waals surface area contributed by atoms with Gasteiger partial charge in [-0.05, 0) is 37.3 Å². The number of nitrogens with one attached hydrogen (secondary N) is 1. The lowest BCUT2D eigenvalue weighted by molar-refractivity contribution is 0.984. The van der Waals surface area contributed by atoms with Crippen molar-refractivity contribution < 1.29 is 0 Å². The van der Waals surface area contributed by atoms with E-state index in [4.69, 9.17) is 17.5 Å². The van der Waals surface area contributed by atoms with Gasteiger partial charge in [0.15, 0.2) is 4.77 Å². The highest BCUT2D eigenvalue weighted by Gasteiger charge is 2.02. The van der Waals surface area contributed by atoms with Crippen LogP contribution >= 0.6 is 12.2 Å². The molecule has 2 rings (SSSR count). The van der Waals surface area contributed by atoms with E-state index in [1.807, 2.05) is 35.9 Å². The monoisotopic (exact) mass is 215 g/mol. The number of benzene rings is 1. The number of aryl methyl sites for hydroxylation is 1. The van der Waals surface area contributed by atoms with Crippen LogP contribution in [0.15, 0.2) is 30.5 Å². The molecule has 0 atom stereocenters. The lowest BCUT2D eigenvalue weighted by atomic mass is 10.2. The van der Waals surface area contributed by atoms with Crippen LogP contribution in [-0.4, -0.2) is 9.55 Å². The first-order valence-corrected chi connectivity index (χ1v) is 4.91. The number of rotatable bonds is 1. The summed E-state index contributed by atoms with van der Waals surface area (Å²) in [7, 11) is 0. The van der Waals surface area contributed by atoms with Crippen LogP contribution in [0.3, 0.4) is 0 Å². The molecule has 15 heavy (non-hydrogen) atoms. The minimum absolute atomic E-state index is 0.634. The van der Waals surface area contributed by atoms with Crippen molar-refractivity contribution in [2.24, 2.45) is 0 Å². The van der Waals surface area contributed by atoms with E-state index in [1.54, 1.807) is 6.07 Å². The Morgan fingerprint density at radius 1 is 1.47 bits per heavy atom. The van der Waals surface area contributed by atoms with E-state index in [9.17, 15) is 0 Å². The van der Waals surface area contributed by atoms with Crippen molar-refractivity contribution in [2.75, 3.05) is 0 Å². The molecular formula is C11H9N3S. The van der Waals surface area contributed by atoms with Gasteiger partial charge in [0.05, 0.1) is 11.6 Å². The smallest absolute Gasteiger partial charge is 0.182 e. The van der Waals surface area contributed by atoms with Gasteiger partial charge in [-0.3, -0.25) is 4.57 Å². The van der Waals surface area contributed by atoms with Crippen LogP contribution in [0.25, 0.3) is 5.69 Å². The van der Waals surface area contributed by atoms with Crippen molar-refractivity contribution in [3.63, 3.8) is 0 Å². The second-order valence-electron chi connectivity index (χ2n) is 3.23. The molecule has 0 saturated heterocycles. The molecular weight excluding hydrogens is 206 g/mol. The summed E-state index contributed by atoms with van der Waals surface area (Å²) in [6.07, 6.45) is 1.85. The molecule has 0 unspecified atom stereocenters. The Morgan fingerprint density at radius 3 is 2.87 bits per heavy atom. The van der Waals surface area contributed by atoms with Crippen LogP contribution in [0.5, 0.6) is 0 Å². The van der Waals surface area contributed by atoms with E-state index in [2.05, 4.69) is 11.1 Å². The third-order valence-electron chi connectivity index (χ3n) is 2.19. The SMILES string of the molecule is Cc1c[nH]c(=S)n1-c1cccc(C#N)c1. The van der Waals surface area contributed by atoms with E-state index in [0.717, 1.165) is 11.4 Å². The zero-order valence-corrected chi connectivity index (χ0v) is 9.01. The van der Waals surface area contributed by atoms with Crippen molar-refractivity contribution >= 4 is 12.2 Å². The summed E-state index contributed by atoms with van der Waals surface area (Å²) >= 11 is 5.16. The van der Waals surface area contributed by atoms with Crippen LogP contribution < -0.4 is 0 Å². The molecule has 74 valence electrons. The van der Waals surface area contributed by atoms with Gasteiger partial charge in [0.2, 0.25) is 0 Å². The number of nitriles is 1. The minimum atomic E-state index is 0.634.